The Hall–Kier alpha value is -2.20. The second kappa shape index (κ2) is 3.99. The fourth-order valence-corrected chi connectivity index (χ4v) is 1.90. The summed E-state index contributed by atoms with van der Waals surface area (Å²) in [5.74, 6) is 0. The van der Waals surface area contributed by atoms with E-state index in [-0.39, 0.29) is 0 Å². The third-order valence-corrected chi connectivity index (χ3v) is 2.75. The maximum atomic E-state index is 5.65. The van der Waals surface area contributed by atoms with Gasteiger partial charge in [-0.25, -0.2) is 9.50 Å². The van der Waals surface area contributed by atoms with Gasteiger partial charge in [-0.05, 0) is 23.3 Å². The van der Waals surface area contributed by atoms with Crippen LogP contribution in [-0.4, -0.2) is 14.6 Å². The van der Waals surface area contributed by atoms with E-state index in [9.17, 15) is 0 Å². The minimum Gasteiger partial charge on any atom is -0.326 e. The molecule has 0 unspecified atom stereocenters. The van der Waals surface area contributed by atoms with Crippen LogP contribution in [0.4, 0.5) is 0 Å². The molecule has 17 heavy (non-hydrogen) atoms. The van der Waals surface area contributed by atoms with E-state index in [0.29, 0.717) is 6.54 Å². The highest BCUT2D eigenvalue weighted by Gasteiger charge is 2.07. The highest BCUT2D eigenvalue weighted by atomic mass is 15.2. The molecule has 3 aromatic rings. The van der Waals surface area contributed by atoms with Crippen molar-refractivity contribution in [3.8, 4) is 11.1 Å². The van der Waals surface area contributed by atoms with Crippen LogP contribution in [0.5, 0.6) is 0 Å². The van der Waals surface area contributed by atoms with Gasteiger partial charge in [0.25, 0.3) is 0 Å². The Morgan fingerprint density at radius 3 is 3.06 bits per heavy atom. The molecule has 2 heterocycles. The Balaban J connectivity index is 2.20. The number of rotatable bonds is 2. The smallest absolute Gasteiger partial charge is 0.162 e. The van der Waals surface area contributed by atoms with Crippen molar-refractivity contribution in [1.82, 2.24) is 14.6 Å². The fourth-order valence-electron chi connectivity index (χ4n) is 1.90. The second-order valence-electron chi connectivity index (χ2n) is 3.85. The van der Waals surface area contributed by atoms with E-state index in [1.165, 1.54) is 0 Å². The predicted octanol–water partition coefficient (Wildman–Crippen LogP) is 1.85. The van der Waals surface area contributed by atoms with E-state index < -0.39 is 0 Å². The van der Waals surface area contributed by atoms with Crippen molar-refractivity contribution in [3.05, 3.63) is 54.5 Å². The van der Waals surface area contributed by atoms with Gasteiger partial charge in [0.05, 0.1) is 6.20 Å². The van der Waals surface area contributed by atoms with Gasteiger partial charge in [-0.1, -0.05) is 18.2 Å². The van der Waals surface area contributed by atoms with Crippen LogP contribution in [0.15, 0.2) is 48.9 Å². The van der Waals surface area contributed by atoms with Gasteiger partial charge in [0.15, 0.2) is 5.65 Å². The molecule has 4 nitrogen and oxygen atoms in total. The van der Waals surface area contributed by atoms with E-state index >= 15 is 0 Å². The number of fused-ring (bicyclic) bond motifs is 1. The summed E-state index contributed by atoms with van der Waals surface area (Å²) in [7, 11) is 0. The molecule has 84 valence electrons. The minimum absolute atomic E-state index is 0.542. The van der Waals surface area contributed by atoms with Crippen LogP contribution in [-0.2, 0) is 6.54 Å². The molecule has 3 rings (SSSR count). The molecule has 0 atom stereocenters. The Morgan fingerprint density at radius 1 is 1.24 bits per heavy atom. The Morgan fingerprint density at radius 2 is 2.18 bits per heavy atom. The van der Waals surface area contributed by atoms with Gasteiger partial charge in [-0.3, -0.25) is 0 Å². The lowest BCUT2D eigenvalue weighted by Gasteiger charge is -2.01. The quantitative estimate of drug-likeness (QED) is 0.722. The topological polar surface area (TPSA) is 56.2 Å². The zero-order chi connectivity index (χ0) is 11.7. The predicted molar refractivity (Wildman–Crippen MR) is 66.3 cm³/mol. The van der Waals surface area contributed by atoms with E-state index in [1.807, 2.05) is 36.7 Å². The van der Waals surface area contributed by atoms with Crippen molar-refractivity contribution in [2.45, 2.75) is 6.54 Å². The van der Waals surface area contributed by atoms with Crippen molar-refractivity contribution in [1.29, 1.82) is 0 Å². The molecule has 0 aliphatic rings. The number of hydrogen-bond acceptors (Lipinski definition) is 3. The van der Waals surface area contributed by atoms with Crippen molar-refractivity contribution >= 4 is 5.65 Å². The van der Waals surface area contributed by atoms with Gasteiger partial charge in [0, 0.05) is 24.5 Å². The summed E-state index contributed by atoms with van der Waals surface area (Å²) in [6.07, 6.45) is 5.49. The van der Waals surface area contributed by atoms with E-state index in [4.69, 9.17) is 5.73 Å². The van der Waals surface area contributed by atoms with Gasteiger partial charge >= 0.3 is 0 Å². The first kappa shape index (κ1) is 9.99. The van der Waals surface area contributed by atoms with Crippen LogP contribution >= 0.6 is 0 Å². The zero-order valence-corrected chi connectivity index (χ0v) is 9.24. The number of nitrogens with zero attached hydrogens (tertiary/aromatic N) is 3. The minimum atomic E-state index is 0.542. The number of benzene rings is 1. The molecule has 0 radical (unpaired) electrons. The summed E-state index contributed by atoms with van der Waals surface area (Å²) in [6.45, 7) is 0.542. The molecule has 0 spiro atoms. The van der Waals surface area contributed by atoms with Gasteiger partial charge < -0.3 is 5.73 Å². The molecule has 2 N–H and O–H groups in total. The van der Waals surface area contributed by atoms with Crippen LogP contribution in [0.3, 0.4) is 0 Å². The highest BCUT2D eigenvalue weighted by molar-refractivity contribution is 5.77. The first-order valence-corrected chi connectivity index (χ1v) is 5.46. The summed E-state index contributed by atoms with van der Waals surface area (Å²) >= 11 is 0. The average Bonchev–Trinajstić information content (AvgIpc) is 2.82. The Kier molecular flexibility index (Phi) is 2.34. The standard InChI is InChI=1S/C13H12N4/c14-8-10-3-1-4-11(7-10)12-9-16-17-6-2-5-15-13(12)17/h1-7,9H,8,14H2. The number of nitrogens with two attached hydrogens (primary N) is 1. The van der Waals surface area contributed by atoms with Gasteiger partial charge in [0.2, 0.25) is 0 Å². The van der Waals surface area contributed by atoms with E-state index in [1.54, 1.807) is 10.7 Å². The lowest BCUT2D eigenvalue weighted by atomic mass is 10.1. The first-order valence-electron chi connectivity index (χ1n) is 5.46. The molecule has 0 aliphatic carbocycles. The maximum absolute atomic E-state index is 5.65. The number of hydrogen-bond donors (Lipinski definition) is 1. The van der Waals surface area contributed by atoms with Crippen molar-refractivity contribution < 1.29 is 0 Å². The van der Waals surface area contributed by atoms with Gasteiger partial charge in [0.1, 0.15) is 0 Å². The van der Waals surface area contributed by atoms with Gasteiger partial charge in [-0.15, -0.1) is 0 Å². The largest absolute Gasteiger partial charge is 0.326 e. The molecule has 0 aliphatic heterocycles. The molecule has 1 aromatic carbocycles. The Labute approximate surface area is 98.7 Å². The monoisotopic (exact) mass is 224 g/mol. The molecule has 0 saturated carbocycles. The Bertz CT molecular complexity index is 657. The summed E-state index contributed by atoms with van der Waals surface area (Å²) < 4.78 is 1.77. The number of aromatic nitrogens is 3. The van der Waals surface area contributed by atoms with Crippen LogP contribution in [0.2, 0.25) is 0 Å². The highest BCUT2D eigenvalue weighted by Crippen LogP contribution is 2.23. The SMILES string of the molecule is NCc1cccc(-c2cnn3cccnc23)c1. The van der Waals surface area contributed by atoms with Crippen molar-refractivity contribution in [2.75, 3.05) is 0 Å². The maximum Gasteiger partial charge on any atom is 0.162 e. The summed E-state index contributed by atoms with van der Waals surface area (Å²) in [5, 5.41) is 4.27. The van der Waals surface area contributed by atoms with E-state index in [2.05, 4.69) is 16.1 Å². The second-order valence-corrected chi connectivity index (χ2v) is 3.85. The summed E-state index contributed by atoms with van der Waals surface area (Å²) in [5.41, 5.74) is 9.75. The zero-order valence-electron chi connectivity index (χ0n) is 9.24. The van der Waals surface area contributed by atoms with Crippen LogP contribution in [0.25, 0.3) is 16.8 Å². The molecule has 0 saturated heterocycles. The van der Waals surface area contributed by atoms with Crippen molar-refractivity contribution in [2.24, 2.45) is 5.73 Å². The summed E-state index contributed by atoms with van der Waals surface area (Å²) in [4.78, 5) is 4.34. The lowest BCUT2D eigenvalue weighted by Crippen LogP contribution is -1.95. The summed E-state index contributed by atoms with van der Waals surface area (Å²) in [6, 6.07) is 10.0. The van der Waals surface area contributed by atoms with Gasteiger partial charge in [-0.2, -0.15) is 5.10 Å². The van der Waals surface area contributed by atoms with Crippen LogP contribution < -0.4 is 5.73 Å². The molecular formula is C13H12N4. The van der Waals surface area contributed by atoms with Crippen LogP contribution in [0, 0.1) is 0 Å². The van der Waals surface area contributed by atoms with Crippen molar-refractivity contribution in [3.63, 3.8) is 0 Å². The van der Waals surface area contributed by atoms with E-state index in [0.717, 1.165) is 22.3 Å². The normalized spacial score (nSPS) is 10.9. The molecule has 0 amide bonds. The third kappa shape index (κ3) is 1.68. The molecule has 4 heteroatoms. The molecule has 0 fully saturated rings. The lowest BCUT2D eigenvalue weighted by molar-refractivity contribution is 0.939. The molecule has 0 bridgehead atoms. The third-order valence-electron chi connectivity index (χ3n) is 2.75. The molecular weight excluding hydrogens is 212 g/mol. The first-order chi connectivity index (χ1) is 8.38. The molecule has 2 aromatic heterocycles. The van der Waals surface area contributed by atoms with Crippen LogP contribution in [0.1, 0.15) is 5.56 Å². The average molecular weight is 224 g/mol. The fraction of sp³-hybridized carbons (Fsp3) is 0.0769.